The molecule has 22 rings (SSSR count). The fourth-order valence-electron chi connectivity index (χ4n) is 23.3. The van der Waals surface area contributed by atoms with Gasteiger partial charge < -0.3 is 14.5 Å². The second kappa shape index (κ2) is 44.9. The predicted molar refractivity (Wildman–Crippen MR) is 568 cm³/mol. The molecule has 9 aromatic carbocycles. The highest BCUT2D eigenvalue weighted by molar-refractivity contribution is 6.19. The lowest BCUT2D eigenvalue weighted by Gasteiger charge is -2.33. The van der Waals surface area contributed by atoms with E-state index >= 15 is 0 Å². The maximum atomic E-state index is 14.6. The second-order valence-electron chi connectivity index (χ2n) is 41.4. The van der Waals surface area contributed by atoms with Gasteiger partial charge in [0.05, 0.1) is 68.2 Å². The Labute approximate surface area is 848 Å². The lowest BCUT2D eigenvalue weighted by atomic mass is 9.89. The van der Waals surface area contributed by atoms with Crippen LogP contribution in [0.2, 0.25) is 0 Å². The van der Waals surface area contributed by atoms with Crippen molar-refractivity contribution in [2.75, 3.05) is 72.6 Å². The number of piperidine rings is 4. The number of aromatic nitrogens is 5. The van der Waals surface area contributed by atoms with Gasteiger partial charge in [0.15, 0.2) is 28.9 Å². The summed E-state index contributed by atoms with van der Waals surface area (Å²) in [5.41, 5.74) is 29.8. The number of ketones is 5. The van der Waals surface area contributed by atoms with Gasteiger partial charge in [-0.1, -0.05) is 133 Å². The first-order valence-electron chi connectivity index (χ1n) is 51.7. The lowest BCUT2D eigenvalue weighted by Crippen LogP contribution is -2.39. The SMILES string of the molecule is COc1cccc(F)c1CN1C[C@@H]2C[C@@H](CC(=O)c3ccc4c(c3)C(c3ccc5nn(C)cc5c3)=NC4)[C@H]1C2.Cc1cc(C2=NCc3ccc(C(=O)C[C@@H]4CCCN(CC(=O)c5ccccc5C)C4)cc32)ccn1.Cc1cc(C2=NCc3ccc(C(=O)C[C@@H]4CCCN(CCc5ccccc5C(C)(F)F)C4)cc32)ccn1.Cc1cc(C2=NCc3ccc(C(=O)C[C@@H]4CCCN(CCc5ccccc5C)C4)cc32)ccn1. The summed E-state index contributed by atoms with van der Waals surface area (Å²) < 4.78 is 49.9. The van der Waals surface area contributed by atoms with E-state index in [1.54, 1.807) is 37.7 Å². The number of Topliss-reactive ketones (excluding diaryl/α,β-unsaturated/α-hetero) is 5. The molecule has 5 fully saturated rings. The van der Waals surface area contributed by atoms with E-state index in [2.05, 4.69) is 107 Å². The van der Waals surface area contributed by atoms with E-state index in [9.17, 15) is 37.1 Å². The summed E-state index contributed by atoms with van der Waals surface area (Å²) in [6.45, 7) is 22.9. The van der Waals surface area contributed by atoms with E-state index in [1.165, 1.54) is 35.2 Å². The maximum absolute atomic E-state index is 14.6. The number of carbonyl (C=O) groups excluding carboxylic acids is 5. The number of alkyl halides is 2. The molecule has 145 heavy (non-hydrogen) atoms. The Morgan fingerprint density at radius 1 is 0.441 bits per heavy atom. The number of halogens is 3. The van der Waals surface area contributed by atoms with Gasteiger partial charge in [-0.2, -0.15) is 5.10 Å². The third-order valence-electron chi connectivity index (χ3n) is 30.8. The molecule has 8 aliphatic heterocycles. The first-order chi connectivity index (χ1) is 70.3. The van der Waals surface area contributed by atoms with Crippen molar-refractivity contribution in [3.8, 4) is 5.75 Å². The molecule has 0 radical (unpaired) electrons. The highest BCUT2D eigenvalue weighted by Crippen LogP contribution is 2.46. The summed E-state index contributed by atoms with van der Waals surface area (Å²) in [6, 6.07) is 71.0. The Balaban J connectivity index is 0.000000122. The number of hydrogen-bond donors (Lipinski definition) is 0. The van der Waals surface area contributed by atoms with Crippen molar-refractivity contribution < 1.29 is 41.9 Å². The number of methoxy groups -OCH3 is 1. The number of ether oxygens (including phenoxy) is 1. The molecule has 19 nitrogen and oxygen atoms in total. The van der Waals surface area contributed by atoms with Gasteiger partial charge in [-0.25, -0.2) is 13.2 Å². The molecule has 0 spiro atoms. The van der Waals surface area contributed by atoms with E-state index in [1.807, 2.05) is 179 Å². The van der Waals surface area contributed by atoms with E-state index in [4.69, 9.17) is 24.7 Å². The molecular formula is C123H128F3N13O6. The van der Waals surface area contributed by atoms with E-state index in [0.29, 0.717) is 106 Å². The molecule has 4 saturated heterocycles. The summed E-state index contributed by atoms with van der Waals surface area (Å²) in [6.07, 6.45) is 19.8. The van der Waals surface area contributed by atoms with Crippen molar-refractivity contribution in [2.45, 2.75) is 176 Å². The number of aliphatic imine (C=N–C) groups is 4. The number of fused-ring (bicyclic) bond motifs is 7. The highest BCUT2D eigenvalue weighted by Gasteiger charge is 2.46. The van der Waals surface area contributed by atoms with Crippen LogP contribution in [-0.4, -0.2) is 175 Å². The van der Waals surface area contributed by atoms with E-state index in [0.717, 1.165) is 263 Å². The minimum Gasteiger partial charge on any atom is -0.496 e. The molecule has 1 aliphatic carbocycles. The summed E-state index contributed by atoms with van der Waals surface area (Å²) in [4.78, 5) is 108. The fourth-order valence-corrected chi connectivity index (χ4v) is 23.3. The molecule has 9 aliphatic rings. The first-order valence-corrected chi connectivity index (χ1v) is 51.7. The minimum atomic E-state index is -2.84. The summed E-state index contributed by atoms with van der Waals surface area (Å²) in [7, 11) is 3.51. The van der Waals surface area contributed by atoms with Crippen LogP contribution in [0.25, 0.3) is 10.9 Å². The van der Waals surface area contributed by atoms with Crippen LogP contribution in [0.4, 0.5) is 13.2 Å². The quantitative estimate of drug-likeness (QED) is 0.0399. The molecule has 4 aromatic heterocycles. The lowest BCUT2D eigenvalue weighted by molar-refractivity contribution is 0.0163. The standard InChI is InChI=1S/C32H31FN4O2.C31H33F2N3O.C30H31N3O2.C30H33N3O/c1-36-17-24-12-21(8-9-28(24)35-36)32-25-13-20(6-7-22(25)15-34-32)30(38)14-23-10-19-11-29(23)37(16-19)18-26-27(33)4-3-5-31(26)39-2;1-21-16-25(11-13-34-21)30-27-18-24(9-10-26(27)19-35-30)29(37)17-22-6-5-14-36(20-22)15-12-23-7-3-4-8-28(23)31(2,32)33;1-20-6-3-4-8-26(20)29(35)19-33-13-5-7-22(18-33)15-28(34)23-9-10-25-17-32-30(27(25)16-23)24-11-12-31-21(2)14-24;1-21-6-3-4-8-24(21)12-15-33-14-5-7-23(20-33)17-29(34)25-9-10-27-19-32-30(28(27)18-25)26-11-13-31-22(2)16-26/h3-9,12-13,17,19,23,29H,10-11,14-16,18H2,1-2H3;3-4,7-11,13,16,18,22H,5-6,12,14-15,17,19-20H2,1-2H3;3-4,6,8-12,14,16,22H,5,7,13,15,17-19H2,1-2H3;3-4,6,8-11,13,16,18,23H,5,7,12,14-15,17,19-20H2,1-2H3/t19-,23+,29-;2*22-;23-/m1000/s1. The zero-order chi connectivity index (χ0) is 101. The topological polar surface area (TPSA) is 213 Å². The Bertz CT molecular complexity index is 7190. The number of pyridine rings is 3. The molecule has 22 heteroatoms. The maximum Gasteiger partial charge on any atom is 0.270 e. The smallest absolute Gasteiger partial charge is 0.270 e. The third-order valence-corrected chi connectivity index (χ3v) is 30.8. The molecule has 0 N–H and O–H groups in total. The van der Waals surface area contributed by atoms with Gasteiger partial charge >= 0.3 is 0 Å². The number of benzene rings is 9. The summed E-state index contributed by atoms with van der Waals surface area (Å²) in [5, 5.41) is 5.55. The second-order valence-corrected chi connectivity index (χ2v) is 41.4. The fraction of sp³-hybridized carbons (Fsp3) is 0.358. The zero-order valence-electron chi connectivity index (χ0n) is 84.5. The average Bonchev–Trinajstić information content (AvgIpc) is 1.62. The number of nitrogens with zero attached hydrogens (tertiary/aromatic N) is 13. The predicted octanol–water partition coefficient (Wildman–Crippen LogP) is 22.7. The molecule has 6 atom stereocenters. The van der Waals surface area contributed by atoms with Gasteiger partial charge in [-0.05, 0) is 277 Å². The van der Waals surface area contributed by atoms with Crippen LogP contribution in [0.15, 0.2) is 263 Å². The molecule has 13 aromatic rings. The summed E-state index contributed by atoms with van der Waals surface area (Å²) in [5.74, 6) is 0.238. The number of likely N-dealkylation sites (tertiary alicyclic amines) is 4. The monoisotopic (exact) mass is 1940 g/mol. The van der Waals surface area contributed by atoms with Crippen molar-refractivity contribution >= 4 is 62.7 Å². The van der Waals surface area contributed by atoms with Gasteiger partial charge in [0.1, 0.15) is 11.6 Å². The van der Waals surface area contributed by atoms with Crippen molar-refractivity contribution in [1.29, 1.82) is 0 Å². The van der Waals surface area contributed by atoms with E-state index < -0.39 is 5.92 Å². The van der Waals surface area contributed by atoms with Crippen molar-refractivity contribution in [2.24, 2.45) is 56.6 Å². The Hall–Kier alpha value is -13.6. The van der Waals surface area contributed by atoms with E-state index in [-0.39, 0.29) is 58.1 Å². The molecule has 12 heterocycles. The van der Waals surface area contributed by atoms with Crippen LogP contribution in [0, 0.1) is 70.0 Å². The number of carbonyl (C=O) groups is 5. The molecule has 742 valence electrons. The molecule has 0 unspecified atom stereocenters. The van der Waals surface area contributed by atoms with Crippen LogP contribution < -0.4 is 4.74 Å². The van der Waals surface area contributed by atoms with Crippen molar-refractivity contribution in [1.82, 2.24) is 44.3 Å². The van der Waals surface area contributed by atoms with Crippen LogP contribution >= 0.6 is 0 Å². The van der Waals surface area contributed by atoms with Gasteiger partial charge in [-0.15, -0.1) is 0 Å². The Morgan fingerprint density at radius 3 is 1.35 bits per heavy atom. The normalized spacial score (nSPS) is 18.9. The van der Waals surface area contributed by atoms with Gasteiger partial charge in [0.2, 0.25) is 0 Å². The zero-order valence-corrected chi connectivity index (χ0v) is 84.5. The number of aryl methyl sites for hydroxylation is 6. The first kappa shape index (κ1) is 100. The Morgan fingerprint density at radius 2 is 0.883 bits per heavy atom. The Kier molecular flexibility index (Phi) is 31.0. The van der Waals surface area contributed by atoms with Crippen LogP contribution in [0.3, 0.4) is 0 Å². The molecule has 1 saturated carbocycles. The molecular weight excluding hydrogens is 1810 g/mol. The highest BCUT2D eigenvalue weighted by atomic mass is 19.3. The summed E-state index contributed by atoms with van der Waals surface area (Å²) >= 11 is 0. The van der Waals surface area contributed by atoms with Crippen LogP contribution in [0.1, 0.15) is 253 Å². The minimum absolute atomic E-state index is 0.111. The molecule has 2 bridgehead atoms. The largest absolute Gasteiger partial charge is 0.496 e. The average molecular weight is 1940 g/mol. The van der Waals surface area contributed by atoms with Crippen molar-refractivity contribution in [3.05, 3.63) is 394 Å². The van der Waals surface area contributed by atoms with Gasteiger partial charge in [0, 0.05) is 222 Å². The van der Waals surface area contributed by atoms with Crippen molar-refractivity contribution in [3.63, 3.8) is 0 Å². The van der Waals surface area contributed by atoms with Crippen LogP contribution in [-0.2, 0) is 58.5 Å². The number of rotatable bonds is 29. The number of hydrogen-bond acceptors (Lipinski definition) is 18. The third kappa shape index (κ3) is 23.8. The van der Waals surface area contributed by atoms with Gasteiger partial charge in [0.25, 0.3) is 5.92 Å². The molecule has 0 amide bonds. The van der Waals surface area contributed by atoms with Crippen LogP contribution in [0.5, 0.6) is 5.75 Å². The van der Waals surface area contributed by atoms with Gasteiger partial charge in [-0.3, -0.25) is 73.4 Å².